The molecule has 0 spiro atoms. The number of piperidine rings is 1. The summed E-state index contributed by atoms with van der Waals surface area (Å²) in [5, 5.41) is 13.6. The van der Waals surface area contributed by atoms with Gasteiger partial charge in [-0.3, -0.25) is 9.48 Å². The Morgan fingerprint density at radius 1 is 1.15 bits per heavy atom. The number of likely N-dealkylation sites (tertiary alicyclic amines) is 2. The molecule has 0 saturated carbocycles. The van der Waals surface area contributed by atoms with Gasteiger partial charge in [-0.2, -0.15) is 5.10 Å². The molecule has 8 heteroatoms. The Labute approximate surface area is 153 Å². The summed E-state index contributed by atoms with van der Waals surface area (Å²) in [5.74, 6) is 0.141. The molecule has 3 heterocycles. The van der Waals surface area contributed by atoms with E-state index in [1.54, 1.807) is 15.8 Å². The summed E-state index contributed by atoms with van der Waals surface area (Å²) in [4.78, 5) is 28.5. The number of carbonyl (C=O) groups is 2. The van der Waals surface area contributed by atoms with E-state index in [1.165, 1.54) is 6.20 Å². The Morgan fingerprint density at radius 2 is 1.81 bits per heavy atom. The Morgan fingerprint density at radius 3 is 2.38 bits per heavy atom. The highest BCUT2D eigenvalue weighted by molar-refractivity contribution is 5.80. The molecular formula is C18H28N4O4. The summed E-state index contributed by atoms with van der Waals surface area (Å²) >= 11 is 0. The lowest BCUT2D eigenvalue weighted by molar-refractivity contribution is -0.136. The van der Waals surface area contributed by atoms with Crippen molar-refractivity contribution in [3.05, 3.63) is 12.4 Å². The highest BCUT2D eigenvalue weighted by atomic mass is 16.6. The van der Waals surface area contributed by atoms with Crippen LogP contribution < -0.4 is 0 Å². The second-order valence-electron chi connectivity index (χ2n) is 8.15. The van der Waals surface area contributed by atoms with E-state index in [1.807, 2.05) is 25.7 Å². The number of carbonyl (C=O) groups excluding carboxylic acids is 2. The summed E-state index contributed by atoms with van der Waals surface area (Å²) in [7, 11) is 0. The van der Waals surface area contributed by atoms with Gasteiger partial charge in [0, 0.05) is 26.2 Å². The smallest absolute Gasteiger partial charge is 0.410 e. The molecule has 1 aromatic heterocycles. The number of rotatable bonds is 2. The van der Waals surface area contributed by atoms with E-state index in [2.05, 4.69) is 5.10 Å². The molecule has 1 N–H and O–H groups in total. The molecule has 0 radical (unpaired) electrons. The molecule has 26 heavy (non-hydrogen) atoms. The SMILES string of the molecule is CC(C)(C)OC(=O)N1CCC(C(=O)N2CCC(n3cc(O)cn3)CC2)C1. The molecule has 3 rings (SSSR count). The van der Waals surface area contributed by atoms with Crippen molar-refractivity contribution in [3.63, 3.8) is 0 Å². The molecule has 2 aliphatic heterocycles. The zero-order chi connectivity index (χ0) is 18.9. The molecule has 2 amide bonds. The summed E-state index contributed by atoms with van der Waals surface area (Å²) in [5.41, 5.74) is -0.526. The van der Waals surface area contributed by atoms with Crippen LogP contribution in [-0.4, -0.2) is 68.5 Å². The monoisotopic (exact) mass is 364 g/mol. The van der Waals surface area contributed by atoms with Gasteiger partial charge in [0.2, 0.25) is 5.91 Å². The number of aromatic nitrogens is 2. The van der Waals surface area contributed by atoms with Crippen LogP contribution in [0, 0.1) is 5.92 Å². The molecule has 1 atom stereocenters. The van der Waals surface area contributed by atoms with Gasteiger partial charge in [0.1, 0.15) is 5.60 Å². The molecular weight excluding hydrogens is 336 g/mol. The Kier molecular flexibility index (Phi) is 5.11. The predicted octanol–water partition coefficient (Wildman–Crippen LogP) is 2.01. The van der Waals surface area contributed by atoms with Crippen LogP contribution in [0.2, 0.25) is 0 Å². The molecule has 0 aliphatic carbocycles. The van der Waals surface area contributed by atoms with Crippen molar-refractivity contribution in [2.24, 2.45) is 5.92 Å². The number of hydrogen-bond acceptors (Lipinski definition) is 5. The van der Waals surface area contributed by atoms with E-state index in [4.69, 9.17) is 4.74 Å². The highest BCUT2D eigenvalue weighted by Crippen LogP contribution is 2.27. The molecule has 1 unspecified atom stereocenters. The van der Waals surface area contributed by atoms with E-state index in [0.717, 1.165) is 12.8 Å². The van der Waals surface area contributed by atoms with Crippen molar-refractivity contribution in [3.8, 4) is 5.75 Å². The maximum absolute atomic E-state index is 12.8. The van der Waals surface area contributed by atoms with Gasteiger partial charge in [0.25, 0.3) is 0 Å². The van der Waals surface area contributed by atoms with Crippen molar-refractivity contribution < 1.29 is 19.4 Å². The van der Waals surface area contributed by atoms with Crippen LogP contribution in [0.4, 0.5) is 4.79 Å². The second-order valence-corrected chi connectivity index (χ2v) is 8.15. The van der Waals surface area contributed by atoms with Crippen molar-refractivity contribution in [1.82, 2.24) is 19.6 Å². The minimum Gasteiger partial charge on any atom is -0.505 e. The number of ether oxygens (including phenoxy) is 1. The molecule has 1 aromatic rings. The fraction of sp³-hybridized carbons (Fsp3) is 0.722. The number of amides is 2. The lowest BCUT2D eigenvalue weighted by atomic mass is 10.0. The Hall–Kier alpha value is -2.25. The third kappa shape index (κ3) is 4.28. The third-order valence-corrected chi connectivity index (χ3v) is 4.93. The van der Waals surface area contributed by atoms with Gasteiger partial charge in [-0.1, -0.05) is 0 Å². The van der Waals surface area contributed by atoms with Gasteiger partial charge >= 0.3 is 6.09 Å². The number of aromatic hydroxyl groups is 1. The van der Waals surface area contributed by atoms with Crippen molar-refractivity contribution in [2.75, 3.05) is 26.2 Å². The lowest BCUT2D eigenvalue weighted by Crippen LogP contribution is -2.43. The van der Waals surface area contributed by atoms with Crippen molar-refractivity contribution in [1.29, 1.82) is 0 Å². The molecule has 2 saturated heterocycles. The Bertz CT molecular complexity index is 658. The normalized spacial score (nSPS) is 21.9. The minimum absolute atomic E-state index is 0.123. The second kappa shape index (κ2) is 7.17. The van der Waals surface area contributed by atoms with Crippen molar-refractivity contribution >= 4 is 12.0 Å². The Balaban J connectivity index is 1.49. The lowest BCUT2D eigenvalue weighted by Gasteiger charge is -2.33. The maximum atomic E-state index is 12.8. The van der Waals surface area contributed by atoms with Gasteiger partial charge in [-0.05, 0) is 40.0 Å². The third-order valence-electron chi connectivity index (χ3n) is 4.93. The van der Waals surface area contributed by atoms with Gasteiger partial charge in [0.05, 0.1) is 24.4 Å². The van der Waals surface area contributed by atoms with Crippen LogP contribution in [0.15, 0.2) is 12.4 Å². The first-order valence-corrected chi connectivity index (χ1v) is 9.23. The standard InChI is InChI=1S/C18H28N4O4/c1-18(2,3)26-17(25)21-7-4-13(11-21)16(24)20-8-5-14(6-9-20)22-12-15(23)10-19-22/h10,12-14,23H,4-9,11H2,1-3H3. The van der Waals surface area contributed by atoms with Gasteiger partial charge < -0.3 is 19.6 Å². The van der Waals surface area contributed by atoms with E-state index in [9.17, 15) is 14.7 Å². The van der Waals surface area contributed by atoms with E-state index >= 15 is 0 Å². The zero-order valence-electron chi connectivity index (χ0n) is 15.7. The quantitative estimate of drug-likeness (QED) is 0.867. The van der Waals surface area contributed by atoms with Crippen LogP contribution in [0.1, 0.15) is 46.1 Å². The molecule has 0 aromatic carbocycles. The van der Waals surface area contributed by atoms with Crippen molar-refractivity contribution in [2.45, 2.75) is 51.7 Å². The molecule has 144 valence electrons. The summed E-state index contributed by atoms with van der Waals surface area (Å²) in [6, 6.07) is 0.210. The van der Waals surface area contributed by atoms with Crippen LogP contribution in [-0.2, 0) is 9.53 Å². The molecule has 2 fully saturated rings. The van der Waals surface area contributed by atoms with Crippen LogP contribution in [0.3, 0.4) is 0 Å². The van der Waals surface area contributed by atoms with Crippen LogP contribution in [0.25, 0.3) is 0 Å². The predicted molar refractivity (Wildman–Crippen MR) is 94.7 cm³/mol. The fourth-order valence-corrected chi connectivity index (χ4v) is 3.59. The van der Waals surface area contributed by atoms with E-state index in [0.29, 0.717) is 32.6 Å². The first-order valence-electron chi connectivity index (χ1n) is 9.23. The van der Waals surface area contributed by atoms with E-state index < -0.39 is 5.60 Å². The topological polar surface area (TPSA) is 87.9 Å². The van der Waals surface area contributed by atoms with Gasteiger partial charge in [0.15, 0.2) is 5.75 Å². The zero-order valence-corrected chi connectivity index (χ0v) is 15.7. The van der Waals surface area contributed by atoms with Crippen LogP contribution >= 0.6 is 0 Å². The fourth-order valence-electron chi connectivity index (χ4n) is 3.59. The van der Waals surface area contributed by atoms with Crippen LogP contribution in [0.5, 0.6) is 5.75 Å². The average Bonchev–Trinajstić information content (AvgIpc) is 3.22. The number of hydrogen-bond donors (Lipinski definition) is 1. The van der Waals surface area contributed by atoms with Gasteiger partial charge in [-0.15, -0.1) is 0 Å². The maximum Gasteiger partial charge on any atom is 0.410 e. The first kappa shape index (κ1) is 18.5. The molecule has 8 nitrogen and oxygen atoms in total. The minimum atomic E-state index is -0.526. The molecule has 0 bridgehead atoms. The summed E-state index contributed by atoms with van der Waals surface area (Å²) < 4.78 is 7.17. The van der Waals surface area contributed by atoms with E-state index in [-0.39, 0.29) is 29.7 Å². The largest absolute Gasteiger partial charge is 0.505 e. The average molecular weight is 364 g/mol. The first-order chi connectivity index (χ1) is 12.2. The summed E-state index contributed by atoms with van der Waals surface area (Å²) in [6.45, 7) is 7.86. The molecule has 2 aliphatic rings. The summed E-state index contributed by atoms with van der Waals surface area (Å²) in [6.07, 6.45) is 5.03. The van der Waals surface area contributed by atoms with Gasteiger partial charge in [-0.25, -0.2) is 4.79 Å². The highest BCUT2D eigenvalue weighted by Gasteiger charge is 2.36. The number of nitrogens with zero attached hydrogens (tertiary/aromatic N) is 4.